The number of carbonyl (C=O) groups excluding carboxylic acids is 1. The van der Waals surface area contributed by atoms with Gasteiger partial charge in [-0.25, -0.2) is 9.50 Å². The molecule has 0 N–H and O–H groups in total. The highest BCUT2D eigenvalue weighted by Crippen LogP contribution is 2.33. The van der Waals surface area contributed by atoms with Gasteiger partial charge in [0.05, 0.1) is 6.20 Å². The molecule has 0 aliphatic heterocycles. The second-order valence-electron chi connectivity index (χ2n) is 7.94. The van der Waals surface area contributed by atoms with Gasteiger partial charge in [-0.05, 0) is 34.9 Å². The van der Waals surface area contributed by atoms with Crippen molar-refractivity contribution in [3.63, 3.8) is 0 Å². The monoisotopic (exact) mass is 406 g/mol. The van der Waals surface area contributed by atoms with Gasteiger partial charge >= 0.3 is 0 Å². The van der Waals surface area contributed by atoms with E-state index in [1.165, 1.54) is 5.56 Å². The lowest BCUT2D eigenvalue weighted by atomic mass is 9.96. The number of nitrogens with zero attached hydrogens (tertiary/aromatic N) is 4. The number of aromatic nitrogens is 3. The van der Waals surface area contributed by atoms with E-state index in [4.69, 9.17) is 4.98 Å². The van der Waals surface area contributed by atoms with Crippen molar-refractivity contribution in [2.24, 2.45) is 0 Å². The maximum atomic E-state index is 12.7. The Hall–Kier alpha value is -3.99. The lowest BCUT2D eigenvalue weighted by molar-refractivity contribution is 0.0829. The van der Waals surface area contributed by atoms with Crippen molar-refractivity contribution in [1.82, 2.24) is 19.5 Å². The molecular formula is C26H22N4O. The average molecular weight is 406 g/mol. The molecule has 0 aliphatic carbocycles. The number of benzene rings is 3. The normalized spacial score (nSPS) is 11.2. The summed E-state index contributed by atoms with van der Waals surface area (Å²) < 4.78 is 1.82. The first kappa shape index (κ1) is 19.0. The predicted octanol–water partition coefficient (Wildman–Crippen LogP) is 5.23. The van der Waals surface area contributed by atoms with Crippen LogP contribution in [0.5, 0.6) is 0 Å². The van der Waals surface area contributed by atoms with Gasteiger partial charge in [-0.3, -0.25) is 4.79 Å². The maximum absolute atomic E-state index is 12.7. The van der Waals surface area contributed by atoms with Gasteiger partial charge < -0.3 is 4.90 Å². The molecule has 0 saturated heterocycles. The van der Waals surface area contributed by atoms with E-state index in [0.29, 0.717) is 5.56 Å². The van der Waals surface area contributed by atoms with E-state index < -0.39 is 0 Å². The molecule has 0 saturated carbocycles. The first-order valence-corrected chi connectivity index (χ1v) is 10.2. The molecule has 0 atom stereocenters. The first-order chi connectivity index (χ1) is 15.0. The topological polar surface area (TPSA) is 50.5 Å². The SMILES string of the molecule is Cc1ccc(-c2cnc3c(-c4cccc5c(C(=O)N(C)C)cccc45)cnn3c2)cc1. The van der Waals surface area contributed by atoms with Gasteiger partial charge in [0.15, 0.2) is 5.65 Å². The summed E-state index contributed by atoms with van der Waals surface area (Å²) in [5.41, 5.74) is 6.77. The molecular weight excluding hydrogens is 384 g/mol. The van der Waals surface area contributed by atoms with Crippen LogP contribution in [0.2, 0.25) is 0 Å². The van der Waals surface area contributed by atoms with Crippen molar-refractivity contribution in [3.05, 3.63) is 90.4 Å². The Bertz CT molecular complexity index is 1430. The Morgan fingerprint density at radius 2 is 1.58 bits per heavy atom. The molecule has 0 bridgehead atoms. The number of fused-ring (bicyclic) bond motifs is 2. The van der Waals surface area contributed by atoms with Crippen LogP contribution in [-0.2, 0) is 0 Å². The van der Waals surface area contributed by atoms with E-state index in [1.54, 1.807) is 19.0 Å². The molecule has 0 radical (unpaired) electrons. The highest BCUT2D eigenvalue weighted by atomic mass is 16.2. The van der Waals surface area contributed by atoms with Gasteiger partial charge in [0.2, 0.25) is 0 Å². The van der Waals surface area contributed by atoms with Gasteiger partial charge in [-0.2, -0.15) is 5.10 Å². The van der Waals surface area contributed by atoms with Crippen molar-refractivity contribution in [3.8, 4) is 22.3 Å². The molecule has 0 aliphatic rings. The third kappa shape index (κ3) is 3.24. The van der Waals surface area contributed by atoms with Crippen LogP contribution in [-0.4, -0.2) is 39.5 Å². The Morgan fingerprint density at radius 1 is 0.839 bits per heavy atom. The van der Waals surface area contributed by atoms with Crippen LogP contribution < -0.4 is 0 Å². The quantitative estimate of drug-likeness (QED) is 0.412. The van der Waals surface area contributed by atoms with Crippen LogP contribution >= 0.6 is 0 Å². The molecule has 5 nitrogen and oxygen atoms in total. The van der Waals surface area contributed by atoms with Crippen LogP contribution in [0.4, 0.5) is 0 Å². The summed E-state index contributed by atoms with van der Waals surface area (Å²) in [5.74, 6) is -0.0107. The number of aryl methyl sites for hydroxylation is 1. The molecule has 1 amide bonds. The molecule has 0 unspecified atom stereocenters. The molecule has 2 heterocycles. The van der Waals surface area contributed by atoms with Gasteiger partial charge in [0.1, 0.15) is 0 Å². The van der Waals surface area contributed by atoms with Crippen LogP contribution in [0.25, 0.3) is 38.7 Å². The minimum Gasteiger partial charge on any atom is -0.345 e. The van der Waals surface area contributed by atoms with Crippen LogP contribution in [0, 0.1) is 6.92 Å². The molecule has 31 heavy (non-hydrogen) atoms. The van der Waals surface area contributed by atoms with Gasteiger partial charge in [0, 0.05) is 43.2 Å². The molecule has 152 valence electrons. The zero-order valence-corrected chi connectivity index (χ0v) is 17.7. The Balaban J connectivity index is 1.65. The highest BCUT2D eigenvalue weighted by Gasteiger charge is 2.16. The number of rotatable bonds is 3. The number of hydrogen-bond acceptors (Lipinski definition) is 3. The minimum absolute atomic E-state index is 0.0107. The van der Waals surface area contributed by atoms with Crippen molar-refractivity contribution in [1.29, 1.82) is 0 Å². The number of hydrogen-bond donors (Lipinski definition) is 0. The lowest BCUT2D eigenvalue weighted by Gasteiger charge is -2.14. The molecule has 5 heteroatoms. The third-order valence-corrected chi connectivity index (χ3v) is 5.59. The molecule has 2 aromatic heterocycles. The molecule has 3 aromatic carbocycles. The summed E-state index contributed by atoms with van der Waals surface area (Å²) in [6.45, 7) is 2.08. The average Bonchev–Trinajstić information content (AvgIpc) is 3.21. The third-order valence-electron chi connectivity index (χ3n) is 5.59. The second kappa shape index (κ2) is 7.36. The Morgan fingerprint density at radius 3 is 2.35 bits per heavy atom. The molecule has 0 fully saturated rings. The Kier molecular flexibility index (Phi) is 4.51. The van der Waals surface area contributed by atoms with Crippen LogP contribution in [0.3, 0.4) is 0 Å². The summed E-state index contributed by atoms with van der Waals surface area (Å²) in [6.07, 6.45) is 5.73. The maximum Gasteiger partial charge on any atom is 0.253 e. The van der Waals surface area contributed by atoms with Crippen molar-refractivity contribution in [2.45, 2.75) is 6.92 Å². The summed E-state index contributed by atoms with van der Waals surface area (Å²) in [5, 5.41) is 6.50. The predicted molar refractivity (Wildman–Crippen MR) is 124 cm³/mol. The summed E-state index contributed by atoms with van der Waals surface area (Å²) in [7, 11) is 3.54. The van der Waals surface area contributed by atoms with E-state index in [0.717, 1.165) is 38.7 Å². The van der Waals surface area contributed by atoms with Crippen LogP contribution in [0.1, 0.15) is 15.9 Å². The van der Waals surface area contributed by atoms with E-state index in [1.807, 2.05) is 53.4 Å². The fraction of sp³-hybridized carbons (Fsp3) is 0.115. The fourth-order valence-corrected chi connectivity index (χ4v) is 3.93. The van der Waals surface area contributed by atoms with Crippen molar-refractivity contribution < 1.29 is 4.79 Å². The summed E-state index contributed by atoms with van der Waals surface area (Å²) in [6, 6.07) is 20.2. The highest BCUT2D eigenvalue weighted by molar-refractivity contribution is 6.11. The molecule has 0 spiro atoms. The second-order valence-corrected chi connectivity index (χ2v) is 7.94. The Labute approximate surface area is 180 Å². The van der Waals surface area contributed by atoms with E-state index in [-0.39, 0.29) is 5.91 Å². The van der Waals surface area contributed by atoms with Crippen LogP contribution in [0.15, 0.2) is 79.3 Å². The van der Waals surface area contributed by atoms with Gasteiger partial charge in [-0.15, -0.1) is 0 Å². The number of amides is 1. The van der Waals surface area contributed by atoms with Crippen molar-refractivity contribution >= 4 is 22.3 Å². The smallest absolute Gasteiger partial charge is 0.253 e. The molecule has 5 rings (SSSR count). The zero-order valence-electron chi connectivity index (χ0n) is 17.7. The lowest BCUT2D eigenvalue weighted by Crippen LogP contribution is -2.21. The van der Waals surface area contributed by atoms with Gasteiger partial charge in [0.25, 0.3) is 5.91 Å². The van der Waals surface area contributed by atoms with Crippen molar-refractivity contribution in [2.75, 3.05) is 14.1 Å². The van der Waals surface area contributed by atoms with E-state index in [2.05, 4.69) is 42.4 Å². The van der Waals surface area contributed by atoms with Gasteiger partial charge in [-0.1, -0.05) is 60.2 Å². The zero-order chi connectivity index (χ0) is 21.5. The standard InChI is InChI=1S/C26H22N4O/c1-17-10-12-18(13-11-17)19-14-27-25-24(15-28-30(25)16-19)22-8-4-7-21-20(22)6-5-9-23(21)26(31)29(2)3/h4-16H,1-3H3. The van der Waals surface area contributed by atoms with E-state index in [9.17, 15) is 4.79 Å². The molecule has 5 aromatic rings. The first-order valence-electron chi connectivity index (χ1n) is 10.2. The number of carbonyl (C=O) groups is 1. The largest absolute Gasteiger partial charge is 0.345 e. The van der Waals surface area contributed by atoms with E-state index >= 15 is 0 Å². The minimum atomic E-state index is -0.0107. The summed E-state index contributed by atoms with van der Waals surface area (Å²) >= 11 is 0. The summed E-state index contributed by atoms with van der Waals surface area (Å²) in [4.78, 5) is 19.0. The fourth-order valence-electron chi connectivity index (χ4n) is 3.93.